The van der Waals surface area contributed by atoms with E-state index in [0.717, 1.165) is 10.0 Å². The molecule has 0 heterocycles. The normalized spacial score (nSPS) is 12.2. The molecular weight excluding hydrogens is 316 g/mol. The molecule has 2 rings (SSSR count). The van der Waals surface area contributed by atoms with Crippen molar-refractivity contribution in [3.8, 4) is 11.5 Å². The van der Waals surface area contributed by atoms with Crippen molar-refractivity contribution in [1.82, 2.24) is 0 Å². The van der Waals surface area contributed by atoms with Gasteiger partial charge >= 0.3 is 0 Å². The third-order valence-corrected chi connectivity index (χ3v) is 3.38. The van der Waals surface area contributed by atoms with E-state index in [-0.39, 0.29) is 0 Å². The quantitative estimate of drug-likeness (QED) is 0.864. The summed E-state index contributed by atoms with van der Waals surface area (Å²) in [7, 11) is 0. The highest BCUT2D eigenvalue weighted by molar-refractivity contribution is 9.10. The van der Waals surface area contributed by atoms with Gasteiger partial charge in [0.1, 0.15) is 11.5 Å². The summed E-state index contributed by atoms with van der Waals surface area (Å²) in [5.74, 6) is 1.37. The molecule has 94 valence electrons. The Bertz CT molecular complexity index is 555. The largest absolute Gasteiger partial charge is 0.457 e. The number of hydrogen-bond donors (Lipinski definition) is 1. The van der Waals surface area contributed by atoms with Crippen LogP contribution in [0.5, 0.6) is 11.5 Å². The molecule has 0 saturated heterocycles. The van der Waals surface area contributed by atoms with Gasteiger partial charge in [-0.25, -0.2) is 0 Å². The van der Waals surface area contributed by atoms with E-state index in [0.29, 0.717) is 16.5 Å². The number of halogens is 2. The van der Waals surface area contributed by atoms with Gasteiger partial charge in [-0.05, 0) is 42.8 Å². The monoisotopic (exact) mass is 326 g/mol. The van der Waals surface area contributed by atoms with Crippen LogP contribution in [0.2, 0.25) is 5.02 Å². The second-order valence-electron chi connectivity index (χ2n) is 3.92. The lowest BCUT2D eigenvalue weighted by atomic mass is 10.1. The predicted octanol–water partition coefficient (Wildman–Crippen LogP) is 4.95. The summed E-state index contributed by atoms with van der Waals surface area (Å²) in [6, 6.07) is 12.7. The van der Waals surface area contributed by atoms with Crippen molar-refractivity contribution in [2.45, 2.75) is 13.0 Å². The molecule has 1 unspecified atom stereocenters. The summed E-state index contributed by atoms with van der Waals surface area (Å²) in [6.45, 7) is 1.72. The predicted molar refractivity (Wildman–Crippen MR) is 76.3 cm³/mol. The van der Waals surface area contributed by atoms with Crippen LogP contribution in [0.25, 0.3) is 0 Å². The molecule has 0 radical (unpaired) electrons. The lowest BCUT2D eigenvalue weighted by molar-refractivity contribution is 0.198. The van der Waals surface area contributed by atoms with Crippen LogP contribution >= 0.6 is 27.5 Å². The second-order valence-corrected chi connectivity index (χ2v) is 5.21. The summed E-state index contributed by atoms with van der Waals surface area (Å²) in [4.78, 5) is 0. The molecule has 1 N–H and O–H groups in total. The fraction of sp³-hybridized carbons (Fsp3) is 0.143. The van der Waals surface area contributed by atoms with Crippen LogP contribution in [-0.4, -0.2) is 5.11 Å². The SMILES string of the molecule is CC(O)c1ccc(Oc2cccc(Cl)c2)cc1Br. The smallest absolute Gasteiger partial charge is 0.128 e. The number of aliphatic hydroxyl groups is 1. The molecule has 0 aliphatic carbocycles. The van der Waals surface area contributed by atoms with E-state index in [1.807, 2.05) is 30.3 Å². The Morgan fingerprint density at radius 1 is 1.17 bits per heavy atom. The van der Waals surface area contributed by atoms with Crippen molar-refractivity contribution in [3.63, 3.8) is 0 Å². The van der Waals surface area contributed by atoms with Crippen molar-refractivity contribution >= 4 is 27.5 Å². The minimum atomic E-state index is -0.514. The van der Waals surface area contributed by atoms with Gasteiger partial charge in [-0.15, -0.1) is 0 Å². The highest BCUT2D eigenvalue weighted by Gasteiger charge is 2.07. The van der Waals surface area contributed by atoms with Gasteiger partial charge in [0.25, 0.3) is 0 Å². The van der Waals surface area contributed by atoms with Crippen molar-refractivity contribution < 1.29 is 9.84 Å². The average Bonchev–Trinajstić information content (AvgIpc) is 2.28. The zero-order chi connectivity index (χ0) is 13.1. The van der Waals surface area contributed by atoms with Gasteiger partial charge in [0, 0.05) is 9.50 Å². The molecule has 4 heteroatoms. The van der Waals surface area contributed by atoms with Crippen LogP contribution < -0.4 is 4.74 Å². The molecule has 2 nitrogen and oxygen atoms in total. The van der Waals surface area contributed by atoms with Crippen molar-refractivity contribution in [3.05, 3.63) is 57.5 Å². The summed E-state index contributed by atoms with van der Waals surface area (Å²) in [5.41, 5.74) is 0.827. The van der Waals surface area contributed by atoms with Crippen LogP contribution in [-0.2, 0) is 0 Å². The van der Waals surface area contributed by atoms with Gasteiger partial charge in [0.05, 0.1) is 6.10 Å². The van der Waals surface area contributed by atoms with E-state index < -0.39 is 6.10 Å². The molecule has 0 bridgehead atoms. The Labute approximate surface area is 119 Å². The molecular formula is C14H12BrClO2. The third-order valence-electron chi connectivity index (χ3n) is 2.45. The van der Waals surface area contributed by atoms with Crippen LogP contribution in [0.1, 0.15) is 18.6 Å². The summed E-state index contributed by atoms with van der Waals surface area (Å²) in [5, 5.41) is 10.2. The standard InChI is InChI=1S/C14H12BrClO2/c1-9(17)13-6-5-12(8-14(13)15)18-11-4-2-3-10(16)7-11/h2-9,17H,1H3. The van der Waals surface area contributed by atoms with E-state index in [1.165, 1.54) is 0 Å². The molecule has 2 aromatic carbocycles. The molecule has 2 aromatic rings. The summed E-state index contributed by atoms with van der Waals surface area (Å²) < 4.78 is 6.50. The third kappa shape index (κ3) is 3.25. The average molecular weight is 328 g/mol. The number of rotatable bonds is 3. The first-order chi connectivity index (χ1) is 8.56. The number of aliphatic hydroxyl groups excluding tert-OH is 1. The fourth-order valence-corrected chi connectivity index (χ4v) is 2.45. The van der Waals surface area contributed by atoms with Crippen LogP contribution in [0.15, 0.2) is 46.9 Å². The summed E-state index contributed by atoms with van der Waals surface area (Å²) in [6.07, 6.45) is -0.514. The Kier molecular flexibility index (Phi) is 4.27. The Balaban J connectivity index is 2.23. The molecule has 0 spiro atoms. The second kappa shape index (κ2) is 5.74. The minimum absolute atomic E-state index is 0.514. The highest BCUT2D eigenvalue weighted by atomic mass is 79.9. The minimum Gasteiger partial charge on any atom is -0.457 e. The highest BCUT2D eigenvalue weighted by Crippen LogP contribution is 2.30. The van der Waals surface area contributed by atoms with Gasteiger partial charge in [0.15, 0.2) is 0 Å². The summed E-state index contributed by atoms with van der Waals surface area (Å²) >= 11 is 9.30. The van der Waals surface area contributed by atoms with E-state index in [4.69, 9.17) is 16.3 Å². The first kappa shape index (κ1) is 13.4. The van der Waals surface area contributed by atoms with Crippen molar-refractivity contribution in [2.24, 2.45) is 0 Å². The molecule has 18 heavy (non-hydrogen) atoms. The van der Waals surface area contributed by atoms with Gasteiger partial charge < -0.3 is 9.84 Å². The van der Waals surface area contributed by atoms with Gasteiger partial charge in [-0.2, -0.15) is 0 Å². The number of hydrogen-bond acceptors (Lipinski definition) is 2. The lowest BCUT2D eigenvalue weighted by Crippen LogP contribution is -1.93. The zero-order valence-electron chi connectivity index (χ0n) is 9.73. The zero-order valence-corrected chi connectivity index (χ0v) is 12.1. The van der Waals surface area contributed by atoms with E-state index in [1.54, 1.807) is 19.1 Å². The molecule has 0 saturated carbocycles. The van der Waals surface area contributed by atoms with Crippen LogP contribution in [0, 0.1) is 0 Å². The molecule has 1 atom stereocenters. The topological polar surface area (TPSA) is 29.5 Å². The molecule has 0 aliphatic rings. The Hall–Kier alpha value is -1.03. The number of benzene rings is 2. The Morgan fingerprint density at radius 3 is 2.50 bits per heavy atom. The van der Waals surface area contributed by atoms with E-state index >= 15 is 0 Å². The Morgan fingerprint density at radius 2 is 1.89 bits per heavy atom. The van der Waals surface area contributed by atoms with Crippen LogP contribution in [0.3, 0.4) is 0 Å². The lowest BCUT2D eigenvalue weighted by Gasteiger charge is -2.10. The molecule has 0 aliphatic heterocycles. The van der Waals surface area contributed by atoms with Crippen molar-refractivity contribution in [2.75, 3.05) is 0 Å². The van der Waals surface area contributed by atoms with Gasteiger partial charge in [-0.3, -0.25) is 0 Å². The maximum Gasteiger partial charge on any atom is 0.128 e. The molecule has 0 aromatic heterocycles. The maximum absolute atomic E-state index is 9.53. The molecule has 0 amide bonds. The maximum atomic E-state index is 9.53. The van der Waals surface area contributed by atoms with Crippen molar-refractivity contribution in [1.29, 1.82) is 0 Å². The fourth-order valence-electron chi connectivity index (χ4n) is 1.58. The number of ether oxygens (including phenoxy) is 1. The van der Waals surface area contributed by atoms with E-state index in [9.17, 15) is 5.11 Å². The first-order valence-corrected chi connectivity index (χ1v) is 6.64. The van der Waals surface area contributed by atoms with Gasteiger partial charge in [0.2, 0.25) is 0 Å². The first-order valence-electron chi connectivity index (χ1n) is 5.47. The van der Waals surface area contributed by atoms with Crippen LogP contribution in [0.4, 0.5) is 0 Å². The molecule has 0 fully saturated rings. The van der Waals surface area contributed by atoms with E-state index in [2.05, 4.69) is 15.9 Å². The van der Waals surface area contributed by atoms with Gasteiger partial charge in [-0.1, -0.05) is 39.7 Å².